The third kappa shape index (κ3) is 4.87. The number of urea groups is 1. The largest absolute Gasteiger partial charge is 0.467 e. The minimum atomic E-state index is -4.77. The van der Waals surface area contributed by atoms with Gasteiger partial charge in [-0.05, 0) is 31.2 Å². The molecule has 1 atom stereocenters. The Morgan fingerprint density at radius 1 is 1.10 bits per heavy atom. The van der Waals surface area contributed by atoms with Crippen molar-refractivity contribution in [3.8, 4) is 0 Å². The van der Waals surface area contributed by atoms with Gasteiger partial charge in [-0.1, -0.05) is 12.1 Å². The Kier molecular flexibility index (Phi) is 6.33. The van der Waals surface area contributed by atoms with Gasteiger partial charge in [0.1, 0.15) is 18.4 Å². The van der Waals surface area contributed by atoms with Gasteiger partial charge in [0.2, 0.25) is 0 Å². The van der Waals surface area contributed by atoms with E-state index in [-0.39, 0.29) is 23.6 Å². The molecule has 3 rings (SSSR count). The van der Waals surface area contributed by atoms with E-state index in [0.717, 1.165) is 18.2 Å². The molecule has 1 aliphatic heterocycles. The zero-order valence-corrected chi connectivity index (χ0v) is 16.1. The molecule has 164 valence electrons. The van der Waals surface area contributed by atoms with Crippen LogP contribution in [0.25, 0.3) is 0 Å². The summed E-state index contributed by atoms with van der Waals surface area (Å²) in [6, 6.07) is 5.40. The first-order chi connectivity index (χ1) is 14.7. The number of furan rings is 1. The number of ether oxygens (including phenoxy) is 2. The summed E-state index contributed by atoms with van der Waals surface area (Å²) in [5, 5.41) is 4.83. The fraction of sp³-hybridized carbons (Fsp3) is 0.250. The van der Waals surface area contributed by atoms with Crippen molar-refractivity contribution in [2.45, 2.75) is 19.1 Å². The van der Waals surface area contributed by atoms with Gasteiger partial charge in [-0.3, -0.25) is 0 Å². The molecule has 31 heavy (non-hydrogen) atoms. The molecule has 2 heterocycles. The number of carbonyl (C=O) groups excluding carboxylic acids is 3. The second-order valence-corrected chi connectivity index (χ2v) is 6.28. The van der Waals surface area contributed by atoms with E-state index in [0.29, 0.717) is 0 Å². The first kappa shape index (κ1) is 21.9. The van der Waals surface area contributed by atoms with Crippen LogP contribution in [0.3, 0.4) is 0 Å². The summed E-state index contributed by atoms with van der Waals surface area (Å²) in [6.45, 7) is 0.917. The van der Waals surface area contributed by atoms with Gasteiger partial charge in [0.15, 0.2) is 0 Å². The lowest BCUT2D eigenvalue weighted by atomic mass is 10.0. The smallest absolute Gasteiger partial charge is 0.417 e. The van der Waals surface area contributed by atoms with Crippen molar-refractivity contribution < 1.29 is 41.4 Å². The van der Waals surface area contributed by atoms with Crippen molar-refractivity contribution >= 4 is 18.0 Å². The van der Waals surface area contributed by atoms with Crippen molar-refractivity contribution in [1.29, 1.82) is 0 Å². The van der Waals surface area contributed by atoms with E-state index in [4.69, 9.17) is 13.9 Å². The molecule has 1 aromatic heterocycles. The SMILES string of the molecule is CCOC(=O)C1=C(COC(=O)c2ccccc2C(F)(F)F)NC(=O)NC1c1ccco1. The van der Waals surface area contributed by atoms with Crippen LogP contribution in [-0.4, -0.2) is 31.2 Å². The van der Waals surface area contributed by atoms with Crippen LogP contribution < -0.4 is 10.6 Å². The maximum Gasteiger partial charge on any atom is 0.417 e. The topological polar surface area (TPSA) is 107 Å². The molecule has 2 amide bonds. The van der Waals surface area contributed by atoms with E-state index in [1.165, 1.54) is 18.4 Å². The molecule has 0 saturated heterocycles. The van der Waals surface area contributed by atoms with Crippen molar-refractivity contribution in [2.75, 3.05) is 13.2 Å². The molecule has 11 heteroatoms. The highest BCUT2D eigenvalue weighted by molar-refractivity contribution is 5.95. The number of halogens is 3. The zero-order chi connectivity index (χ0) is 22.6. The van der Waals surface area contributed by atoms with E-state index >= 15 is 0 Å². The summed E-state index contributed by atoms with van der Waals surface area (Å²) in [4.78, 5) is 36.9. The molecule has 2 N–H and O–H groups in total. The lowest BCUT2D eigenvalue weighted by molar-refractivity contribution is -0.139. The van der Waals surface area contributed by atoms with Crippen LogP contribution in [-0.2, 0) is 20.4 Å². The molecule has 1 aromatic carbocycles. The Morgan fingerprint density at radius 2 is 1.84 bits per heavy atom. The Hall–Kier alpha value is -3.76. The lowest BCUT2D eigenvalue weighted by Gasteiger charge is -2.27. The quantitative estimate of drug-likeness (QED) is 0.670. The normalized spacial score (nSPS) is 16.4. The Balaban J connectivity index is 1.92. The third-order valence-electron chi connectivity index (χ3n) is 4.28. The highest BCUT2D eigenvalue weighted by atomic mass is 19.4. The maximum absolute atomic E-state index is 13.2. The van der Waals surface area contributed by atoms with Gasteiger partial charge in [0, 0.05) is 0 Å². The van der Waals surface area contributed by atoms with Crippen molar-refractivity contribution in [2.24, 2.45) is 0 Å². The average molecular weight is 438 g/mol. The summed E-state index contributed by atoms with van der Waals surface area (Å²) < 4.78 is 54.8. The van der Waals surface area contributed by atoms with E-state index in [1.54, 1.807) is 13.0 Å². The van der Waals surface area contributed by atoms with Crippen LogP contribution in [0.5, 0.6) is 0 Å². The van der Waals surface area contributed by atoms with E-state index in [9.17, 15) is 27.6 Å². The Morgan fingerprint density at radius 3 is 2.48 bits per heavy atom. The summed E-state index contributed by atoms with van der Waals surface area (Å²) in [7, 11) is 0. The van der Waals surface area contributed by atoms with E-state index < -0.39 is 47.9 Å². The molecular weight excluding hydrogens is 421 g/mol. The minimum absolute atomic E-state index is 0.0210. The van der Waals surface area contributed by atoms with Crippen LogP contribution >= 0.6 is 0 Å². The molecule has 8 nitrogen and oxygen atoms in total. The maximum atomic E-state index is 13.2. The number of esters is 2. The molecule has 0 aliphatic carbocycles. The summed E-state index contributed by atoms with van der Waals surface area (Å²) >= 11 is 0. The molecule has 0 bridgehead atoms. The Bertz CT molecular complexity index is 1010. The van der Waals surface area contributed by atoms with Gasteiger partial charge in [-0.2, -0.15) is 13.2 Å². The number of hydrogen-bond donors (Lipinski definition) is 2. The average Bonchev–Trinajstić information content (AvgIpc) is 3.26. The predicted molar refractivity (Wildman–Crippen MR) is 98.5 cm³/mol. The highest BCUT2D eigenvalue weighted by Crippen LogP contribution is 2.32. The number of benzene rings is 1. The van der Waals surface area contributed by atoms with Gasteiger partial charge < -0.3 is 24.5 Å². The number of hydrogen-bond acceptors (Lipinski definition) is 6. The monoisotopic (exact) mass is 438 g/mol. The first-order valence-corrected chi connectivity index (χ1v) is 9.06. The summed E-state index contributed by atoms with van der Waals surface area (Å²) in [5.41, 5.74) is -2.10. The number of nitrogens with one attached hydrogen (secondary N) is 2. The first-order valence-electron chi connectivity index (χ1n) is 9.06. The van der Waals surface area contributed by atoms with E-state index in [2.05, 4.69) is 10.6 Å². The molecule has 0 spiro atoms. The van der Waals surface area contributed by atoms with Crippen molar-refractivity contribution in [1.82, 2.24) is 10.6 Å². The molecule has 2 aromatic rings. The fourth-order valence-corrected chi connectivity index (χ4v) is 2.97. The number of alkyl halides is 3. The molecular formula is C20H17F3N2O6. The number of carbonyl (C=O) groups is 3. The molecule has 0 fully saturated rings. The summed E-state index contributed by atoms with van der Waals surface area (Å²) in [6.07, 6.45) is -3.43. The van der Waals surface area contributed by atoms with Crippen LogP contribution in [0.2, 0.25) is 0 Å². The second kappa shape index (κ2) is 8.94. The van der Waals surface area contributed by atoms with Crippen LogP contribution in [0, 0.1) is 0 Å². The molecule has 0 saturated carbocycles. The number of amides is 2. The summed E-state index contributed by atoms with van der Waals surface area (Å²) in [5.74, 6) is -1.88. The zero-order valence-electron chi connectivity index (χ0n) is 16.1. The van der Waals surface area contributed by atoms with Crippen molar-refractivity contribution in [3.63, 3.8) is 0 Å². The molecule has 1 unspecified atom stereocenters. The fourth-order valence-electron chi connectivity index (χ4n) is 2.97. The van der Waals surface area contributed by atoms with Gasteiger partial charge in [-0.25, -0.2) is 14.4 Å². The number of rotatable bonds is 6. The standard InChI is InChI=1S/C20H17F3N2O6/c1-2-29-18(27)15-13(24-19(28)25-16(15)14-8-5-9-30-14)10-31-17(26)11-6-3-4-7-12(11)20(21,22)23/h3-9,16H,2,10H2,1H3,(H2,24,25,28). The van der Waals surface area contributed by atoms with Gasteiger partial charge in [-0.15, -0.1) is 0 Å². The highest BCUT2D eigenvalue weighted by Gasteiger charge is 2.37. The van der Waals surface area contributed by atoms with Gasteiger partial charge in [0.25, 0.3) is 0 Å². The van der Waals surface area contributed by atoms with Crippen LogP contribution in [0.1, 0.15) is 34.6 Å². The van der Waals surface area contributed by atoms with Crippen LogP contribution in [0.4, 0.5) is 18.0 Å². The van der Waals surface area contributed by atoms with Gasteiger partial charge >= 0.3 is 24.1 Å². The second-order valence-electron chi connectivity index (χ2n) is 6.28. The predicted octanol–water partition coefficient (Wildman–Crippen LogP) is 3.33. The minimum Gasteiger partial charge on any atom is -0.467 e. The van der Waals surface area contributed by atoms with E-state index in [1.807, 2.05) is 0 Å². The third-order valence-corrected chi connectivity index (χ3v) is 4.28. The lowest BCUT2D eigenvalue weighted by Crippen LogP contribution is -2.47. The van der Waals surface area contributed by atoms with Crippen LogP contribution in [0.15, 0.2) is 58.3 Å². The van der Waals surface area contributed by atoms with Crippen molar-refractivity contribution in [3.05, 3.63) is 70.8 Å². The van der Waals surface area contributed by atoms with Gasteiger partial charge in [0.05, 0.1) is 35.3 Å². The molecule has 0 radical (unpaired) electrons. The molecule has 1 aliphatic rings. The Labute approximate surface area is 174 Å².